The van der Waals surface area contributed by atoms with Gasteiger partial charge >= 0.3 is 5.97 Å². The number of hydrogen-bond donors (Lipinski definition) is 2. The number of aromatic nitrogens is 1. The van der Waals surface area contributed by atoms with Crippen molar-refractivity contribution in [3.8, 4) is 11.5 Å². The molecule has 4 nitrogen and oxygen atoms in total. The first-order valence-corrected chi connectivity index (χ1v) is 9.06. The van der Waals surface area contributed by atoms with Gasteiger partial charge < -0.3 is 14.8 Å². The molecule has 2 N–H and O–H groups in total. The molecule has 1 unspecified atom stereocenters. The third-order valence-electron chi connectivity index (χ3n) is 4.69. The van der Waals surface area contributed by atoms with Crippen LogP contribution in [0.3, 0.4) is 0 Å². The number of nitrogens with one attached hydrogen (secondary N) is 1. The Morgan fingerprint density at radius 3 is 2.73 bits per heavy atom. The summed E-state index contributed by atoms with van der Waals surface area (Å²) in [6.07, 6.45) is 3.06. The number of carboxylic acid groups (broad SMARTS) is 1. The highest BCUT2D eigenvalue weighted by atomic mass is 35.5. The van der Waals surface area contributed by atoms with Gasteiger partial charge in [-0.2, -0.15) is 0 Å². The highest BCUT2D eigenvalue weighted by Gasteiger charge is 2.14. The smallest absolute Gasteiger partial charge is 0.307 e. The van der Waals surface area contributed by atoms with Gasteiger partial charge in [0.05, 0.1) is 11.4 Å². The zero-order valence-corrected chi connectivity index (χ0v) is 15.9. The first kappa shape index (κ1) is 18.3. The second kappa shape index (κ2) is 7.42. The molecule has 1 atom stereocenters. The Bertz CT molecular complexity index is 938. The number of ether oxygens (including phenoxy) is 1. The number of fused-ring (bicyclic) bond motifs is 1. The molecule has 2 aromatic carbocycles. The lowest BCUT2D eigenvalue weighted by molar-refractivity contribution is -0.136. The van der Waals surface area contributed by atoms with E-state index >= 15 is 0 Å². The predicted molar refractivity (Wildman–Crippen MR) is 105 cm³/mol. The zero-order chi connectivity index (χ0) is 18.8. The van der Waals surface area contributed by atoms with Gasteiger partial charge in [0.1, 0.15) is 11.5 Å². The van der Waals surface area contributed by atoms with Crippen LogP contribution in [0.15, 0.2) is 36.5 Å². The molecule has 0 aliphatic carbocycles. The van der Waals surface area contributed by atoms with Crippen molar-refractivity contribution in [1.82, 2.24) is 4.98 Å². The van der Waals surface area contributed by atoms with Crippen molar-refractivity contribution < 1.29 is 14.6 Å². The third kappa shape index (κ3) is 3.70. The Hall–Kier alpha value is -2.46. The molecule has 1 aromatic heterocycles. The van der Waals surface area contributed by atoms with Gasteiger partial charge in [-0.3, -0.25) is 4.79 Å². The zero-order valence-electron chi connectivity index (χ0n) is 15.1. The Morgan fingerprint density at radius 2 is 2.08 bits per heavy atom. The van der Waals surface area contributed by atoms with E-state index in [0.717, 1.165) is 22.9 Å². The second-order valence-electron chi connectivity index (χ2n) is 6.66. The topological polar surface area (TPSA) is 62.3 Å². The number of aliphatic carboxylic acids is 1. The van der Waals surface area contributed by atoms with Crippen LogP contribution in [-0.2, 0) is 11.2 Å². The van der Waals surface area contributed by atoms with Crippen molar-refractivity contribution in [2.45, 2.75) is 39.5 Å². The minimum Gasteiger partial charge on any atom is -0.481 e. The molecule has 5 heteroatoms. The summed E-state index contributed by atoms with van der Waals surface area (Å²) in [6.45, 7) is 6.25. The maximum absolute atomic E-state index is 10.9. The Kier molecular flexibility index (Phi) is 5.23. The van der Waals surface area contributed by atoms with Gasteiger partial charge in [0.25, 0.3) is 0 Å². The summed E-state index contributed by atoms with van der Waals surface area (Å²) in [5, 5.41) is 10.5. The van der Waals surface area contributed by atoms with Gasteiger partial charge in [0.2, 0.25) is 0 Å². The van der Waals surface area contributed by atoms with Gasteiger partial charge in [-0.15, -0.1) is 0 Å². The van der Waals surface area contributed by atoms with Crippen LogP contribution in [0.1, 0.15) is 42.9 Å². The number of rotatable bonds is 6. The monoisotopic (exact) mass is 371 g/mol. The van der Waals surface area contributed by atoms with E-state index in [4.69, 9.17) is 21.4 Å². The maximum atomic E-state index is 10.9. The minimum absolute atomic E-state index is 0.0611. The fourth-order valence-corrected chi connectivity index (χ4v) is 3.47. The normalized spacial score (nSPS) is 12.3. The van der Waals surface area contributed by atoms with Crippen molar-refractivity contribution in [3.05, 3.63) is 58.2 Å². The molecule has 136 valence electrons. The van der Waals surface area contributed by atoms with Gasteiger partial charge in [-0.1, -0.05) is 31.5 Å². The van der Waals surface area contributed by atoms with Gasteiger partial charge in [0.15, 0.2) is 0 Å². The largest absolute Gasteiger partial charge is 0.481 e. The first-order valence-electron chi connectivity index (χ1n) is 8.68. The number of benzene rings is 2. The molecule has 0 fully saturated rings. The van der Waals surface area contributed by atoms with E-state index in [2.05, 4.69) is 25.0 Å². The summed E-state index contributed by atoms with van der Waals surface area (Å²) in [4.78, 5) is 14.2. The standard InChI is InChI=1S/C21H22ClNO3/c1-4-12(2)17-11-23-19-6-5-15(10-16(17)19)26-21-13(3)7-14(8-18(21)22)9-20(24)25/h5-8,10-12,23H,4,9H2,1-3H3,(H,24,25). The van der Waals surface area contributed by atoms with Crippen molar-refractivity contribution in [2.75, 3.05) is 0 Å². The molecule has 26 heavy (non-hydrogen) atoms. The fourth-order valence-electron chi connectivity index (χ4n) is 3.14. The van der Waals surface area contributed by atoms with Crippen LogP contribution < -0.4 is 4.74 Å². The van der Waals surface area contributed by atoms with Gasteiger partial charge in [-0.25, -0.2) is 0 Å². The lowest BCUT2D eigenvalue weighted by atomic mass is 9.98. The second-order valence-corrected chi connectivity index (χ2v) is 7.06. The molecule has 1 heterocycles. The van der Waals surface area contributed by atoms with Crippen LogP contribution in [0.5, 0.6) is 11.5 Å². The minimum atomic E-state index is -0.885. The van der Waals surface area contributed by atoms with Crippen molar-refractivity contribution in [2.24, 2.45) is 0 Å². The lowest BCUT2D eigenvalue weighted by Crippen LogP contribution is -2.01. The van der Waals surface area contributed by atoms with Crippen molar-refractivity contribution in [3.63, 3.8) is 0 Å². The summed E-state index contributed by atoms with van der Waals surface area (Å²) in [5.74, 6) is 0.836. The summed E-state index contributed by atoms with van der Waals surface area (Å²) in [5.41, 5.74) is 3.82. The molecule has 0 saturated carbocycles. The quantitative estimate of drug-likeness (QED) is 0.553. The highest BCUT2D eigenvalue weighted by Crippen LogP contribution is 2.36. The third-order valence-corrected chi connectivity index (χ3v) is 4.97. The van der Waals surface area contributed by atoms with Crippen LogP contribution in [-0.4, -0.2) is 16.1 Å². The SMILES string of the molecule is CCC(C)c1c[nH]c2ccc(Oc3c(C)cc(CC(=O)O)cc3Cl)cc12. The van der Waals surface area contributed by atoms with Gasteiger partial charge in [-0.05, 0) is 60.2 Å². The van der Waals surface area contributed by atoms with Crippen LogP contribution in [0.4, 0.5) is 0 Å². The number of carbonyl (C=O) groups is 1. The Balaban J connectivity index is 1.95. The van der Waals surface area contributed by atoms with Crippen LogP contribution >= 0.6 is 11.6 Å². The van der Waals surface area contributed by atoms with E-state index in [0.29, 0.717) is 28.0 Å². The average molecular weight is 372 g/mol. The summed E-state index contributed by atoms with van der Waals surface area (Å²) >= 11 is 6.35. The highest BCUT2D eigenvalue weighted by molar-refractivity contribution is 6.32. The van der Waals surface area contributed by atoms with Crippen LogP contribution in [0, 0.1) is 6.92 Å². The lowest BCUT2D eigenvalue weighted by Gasteiger charge is -2.13. The molecule has 0 saturated heterocycles. The Labute approximate surface area is 157 Å². The number of aromatic amines is 1. The molecule has 0 radical (unpaired) electrons. The average Bonchev–Trinajstić information content (AvgIpc) is 3.00. The number of carboxylic acids is 1. The van der Waals surface area contributed by atoms with E-state index in [1.807, 2.05) is 25.1 Å². The molecule has 0 aliphatic heterocycles. The van der Waals surface area contributed by atoms with E-state index in [1.54, 1.807) is 12.1 Å². The number of aryl methyl sites for hydroxylation is 1. The van der Waals surface area contributed by atoms with E-state index in [9.17, 15) is 4.79 Å². The number of hydrogen-bond acceptors (Lipinski definition) is 2. The van der Waals surface area contributed by atoms with E-state index in [1.165, 1.54) is 5.56 Å². The summed E-state index contributed by atoms with van der Waals surface area (Å²) in [7, 11) is 0. The van der Waals surface area contributed by atoms with E-state index in [-0.39, 0.29) is 6.42 Å². The molecule has 3 rings (SSSR count). The molecular formula is C21H22ClNO3. The molecule has 0 amide bonds. The summed E-state index contributed by atoms with van der Waals surface area (Å²) in [6, 6.07) is 9.37. The Morgan fingerprint density at radius 1 is 1.31 bits per heavy atom. The number of halogens is 1. The molecule has 0 bridgehead atoms. The fraction of sp³-hybridized carbons (Fsp3) is 0.286. The molecule has 0 spiro atoms. The first-order chi connectivity index (χ1) is 12.4. The predicted octanol–water partition coefficient (Wildman–Crippen LogP) is 6.06. The molecule has 0 aliphatic rings. The van der Waals surface area contributed by atoms with Crippen molar-refractivity contribution >= 4 is 28.5 Å². The van der Waals surface area contributed by atoms with E-state index < -0.39 is 5.97 Å². The van der Waals surface area contributed by atoms with Gasteiger partial charge in [0, 0.05) is 17.1 Å². The summed E-state index contributed by atoms with van der Waals surface area (Å²) < 4.78 is 6.05. The van der Waals surface area contributed by atoms with Crippen LogP contribution in [0.2, 0.25) is 5.02 Å². The van der Waals surface area contributed by atoms with Crippen molar-refractivity contribution in [1.29, 1.82) is 0 Å². The van der Waals surface area contributed by atoms with Crippen LogP contribution in [0.25, 0.3) is 10.9 Å². The maximum Gasteiger partial charge on any atom is 0.307 e. The molecular weight excluding hydrogens is 350 g/mol. The molecule has 3 aromatic rings. The number of H-pyrrole nitrogens is 1.